The molecule has 2 N–H and O–H groups in total. The Balaban J connectivity index is 2.26. The summed E-state index contributed by atoms with van der Waals surface area (Å²) < 4.78 is 5.09. The molecule has 1 fully saturated rings. The molecule has 1 aromatic rings. The number of ether oxygens (including phenoxy) is 1. The molecule has 86 valence electrons. The summed E-state index contributed by atoms with van der Waals surface area (Å²) in [5.41, 5.74) is 7.25. The van der Waals surface area contributed by atoms with Gasteiger partial charge < -0.3 is 15.4 Å². The molecule has 0 spiro atoms. The second-order valence-electron chi connectivity index (χ2n) is 3.93. The van der Waals surface area contributed by atoms with Crippen molar-refractivity contribution in [1.82, 2.24) is 0 Å². The quantitative estimate of drug-likeness (QED) is 0.773. The van der Waals surface area contributed by atoms with E-state index in [2.05, 4.69) is 0 Å². The normalized spacial score (nSPS) is 16.3. The summed E-state index contributed by atoms with van der Waals surface area (Å²) in [4.78, 5) is 13.5. The number of hydrogen-bond acceptors (Lipinski definition) is 3. The number of carbonyl (C=O) groups excluding carboxylic acids is 1. The average Bonchev–Trinajstić information content (AvgIpc) is 2.29. The summed E-state index contributed by atoms with van der Waals surface area (Å²) >= 11 is 0. The van der Waals surface area contributed by atoms with Crippen LogP contribution in [0.15, 0.2) is 18.2 Å². The predicted molar refractivity (Wildman–Crippen MR) is 63.6 cm³/mol. The van der Waals surface area contributed by atoms with E-state index in [0.29, 0.717) is 17.9 Å². The van der Waals surface area contributed by atoms with Gasteiger partial charge >= 0.3 is 0 Å². The molecular weight excluding hydrogens is 204 g/mol. The van der Waals surface area contributed by atoms with Gasteiger partial charge in [-0.3, -0.25) is 4.79 Å². The maximum absolute atomic E-state index is 11.7. The summed E-state index contributed by atoms with van der Waals surface area (Å²) in [6.45, 7) is 0.782. The fourth-order valence-electron chi connectivity index (χ4n) is 1.97. The number of hydrogen-bond donors (Lipinski definition) is 1. The fraction of sp³-hybridized carbons (Fsp3) is 0.417. The maximum atomic E-state index is 11.7. The van der Waals surface area contributed by atoms with Crippen molar-refractivity contribution >= 4 is 17.3 Å². The lowest BCUT2D eigenvalue weighted by atomic mass is 10.1. The molecule has 0 bridgehead atoms. The smallest absolute Gasteiger partial charge is 0.226 e. The van der Waals surface area contributed by atoms with Crippen molar-refractivity contribution < 1.29 is 9.53 Å². The van der Waals surface area contributed by atoms with E-state index in [0.717, 1.165) is 25.1 Å². The number of anilines is 2. The Labute approximate surface area is 95.0 Å². The van der Waals surface area contributed by atoms with Crippen molar-refractivity contribution in [3.05, 3.63) is 18.2 Å². The van der Waals surface area contributed by atoms with Crippen LogP contribution in [-0.2, 0) is 4.79 Å². The second-order valence-corrected chi connectivity index (χ2v) is 3.93. The van der Waals surface area contributed by atoms with Crippen molar-refractivity contribution in [3.63, 3.8) is 0 Å². The van der Waals surface area contributed by atoms with Crippen LogP contribution in [0.2, 0.25) is 0 Å². The van der Waals surface area contributed by atoms with Crippen molar-refractivity contribution in [2.45, 2.75) is 19.3 Å². The molecule has 0 atom stereocenters. The minimum atomic E-state index is 0.177. The molecular formula is C12H16N2O2. The predicted octanol–water partition coefficient (Wildman–Crippen LogP) is 1.79. The summed E-state index contributed by atoms with van der Waals surface area (Å²) in [5, 5.41) is 0. The summed E-state index contributed by atoms with van der Waals surface area (Å²) in [7, 11) is 1.58. The van der Waals surface area contributed by atoms with Crippen LogP contribution < -0.4 is 15.4 Å². The Morgan fingerprint density at radius 2 is 2.19 bits per heavy atom. The van der Waals surface area contributed by atoms with Crippen LogP contribution >= 0.6 is 0 Å². The highest BCUT2D eigenvalue weighted by Crippen LogP contribution is 2.28. The molecule has 0 saturated carbocycles. The molecule has 1 saturated heterocycles. The van der Waals surface area contributed by atoms with E-state index in [4.69, 9.17) is 10.5 Å². The molecule has 1 aliphatic heterocycles. The highest BCUT2D eigenvalue weighted by atomic mass is 16.5. The van der Waals surface area contributed by atoms with E-state index in [1.54, 1.807) is 24.1 Å². The Hall–Kier alpha value is -1.71. The molecule has 0 radical (unpaired) electrons. The van der Waals surface area contributed by atoms with Crippen LogP contribution in [0.5, 0.6) is 5.75 Å². The second kappa shape index (κ2) is 4.43. The highest BCUT2D eigenvalue weighted by molar-refractivity contribution is 5.94. The lowest BCUT2D eigenvalue weighted by Gasteiger charge is -2.27. The zero-order valence-corrected chi connectivity index (χ0v) is 9.40. The number of carbonyl (C=O) groups is 1. The number of methoxy groups -OCH3 is 1. The van der Waals surface area contributed by atoms with Gasteiger partial charge in [0.15, 0.2) is 0 Å². The topological polar surface area (TPSA) is 55.6 Å². The molecule has 1 aromatic carbocycles. The third-order valence-corrected chi connectivity index (χ3v) is 2.85. The van der Waals surface area contributed by atoms with Crippen molar-refractivity contribution in [2.75, 3.05) is 24.3 Å². The summed E-state index contributed by atoms with van der Waals surface area (Å²) in [6.07, 6.45) is 2.67. The van der Waals surface area contributed by atoms with Gasteiger partial charge in [0.05, 0.1) is 12.8 Å². The van der Waals surface area contributed by atoms with Crippen LogP contribution in [0.4, 0.5) is 11.4 Å². The van der Waals surface area contributed by atoms with Crippen LogP contribution in [0, 0.1) is 0 Å². The maximum Gasteiger partial charge on any atom is 0.226 e. The Morgan fingerprint density at radius 3 is 2.81 bits per heavy atom. The van der Waals surface area contributed by atoms with Gasteiger partial charge in [-0.1, -0.05) is 0 Å². The molecule has 16 heavy (non-hydrogen) atoms. The van der Waals surface area contributed by atoms with Gasteiger partial charge in [0.1, 0.15) is 5.75 Å². The standard InChI is InChI=1S/C12H16N2O2/c1-16-11-6-5-9(8-10(11)13)14-7-3-2-4-12(14)15/h5-6,8H,2-4,7,13H2,1H3. The fourth-order valence-corrected chi connectivity index (χ4v) is 1.97. The summed E-state index contributed by atoms with van der Waals surface area (Å²) in [6, 6.07) is 5.47. The number of nitrogen functional groups attached to an aromatic ring is 1. The van der Waals surface area contributed by atoms with Crippen molar-refractivity contribution in [3.8, 4) is 5.75 Å². The molecule has 1 heterocycles. The van der Waals surface area contributed by atoms with E-state index >= 15 is 0 Å². The van der Waals surface area contributed by atoms with E-state index in [1.807, 2.05) is 6.07 Å². The molecule has 2 rings (SSSR count). The number of rotatable bonds is 2. The minimum Gasteiger partial charge on any atom is -0.495 e. The van der Waals surface area contributed by atoms with Gasteiger partial charge in [0.2, 0.25) is 5.91 Å². The first-order valence-corrected chi connectivity index (χ1v) is 5.46. The van der Waals surface area contributed by atoms with Gasteiger partial charge in [-0.2, -0.15) is 0 Å². The third-order valence-electron chi connectivity index (χ3n) is 2.85. The molecule has 4 heteroatoms. The van der Waals surface area contributed by atoms with E-state index in [-0.39, 0.29) is 5.91 Å². The first kappa shape index (κ1) is 10.8. The Kier molecular flexibility index (Phi) is 2.99. The zero-order chi connectivity index (χ0) is 11.5. The van der Waals surface area contributed by atoms with E-state index in [1.165, 1.54) is 0 Å². The number of amides is 1. The molecule has 0 aliphatic carbocycles. The monoisotopic (exact) mass is 220 g/mol. The lowest BCUT2D eigenvalue weighted by Crippen LogP contribution is -2.35. The summed E-state index contributed by atoms with van der Waals surface area (Å²) in [5.74, 6) is 0.823. The molecule has 1 aliphatic rings. The number of benzene rings is 1. The lowest BCUT2D eigenvalue weighted by molar-refractivity contribution is -0.119. The van der Waals surface area contributed by atoms with E-state index < -0.39 is 0 Å². The van der Waals surface area contributed by atoms with Crippen LogP contribution in [-0.4, -0.2) is 19.6 Å². The molecule has 4 nitrogen and oxygen atoms in total. The van der Waals surface area contributed by atoms with Crippen molar-refractivity contribution in [1.29, 1.82) is 0 Å². The Bertz CT molecular complexity index is 404. The molecule has 1 amide bonds. The zero-order valence-electron chi connectivity index (χ0n) is 9.40. The van der Waals surface area contributed by atoms with Gasteiger partial charge in [0.25, 0.3) is 0 Å². The number of piperidine rings is 1. The van der Waals surface area contributed by atoms with E-state index in [9.17, 15) is 4.79 Å². The van der Waals surface area contributed by atoms with Gasteiger partial charge in [-0.25, -0.2) is 0 Å². The number of nitrogens with two attached hydrogens (primary N) is 1. The SMILES string of the molecule is COc1ccc(N2CCCCC2=O)cc1N. The van der Waals surface area contributed by atoms with Gasteiger partial charge in [0, 0.05) is 18.7 Å². The van der Waals surface area contributed by atoms with Crippen LogP contribution in [0.1, 0.15) is 19.3 Å². The van der Waals surface area contributed by atoms with Crippen molar-refractivity contribution in [2.24, 2.45) is 0 Å². The molecule has 0 unspecified atom stereocenters. The largest absolute Gasteiger partial charge is 0.495 e. The minimum absolute atomic E-state index is 0.177. The third kappa shape index (κ3) is 1.96. The van der Waals surface area contributed by atoms with Gasteiger partial charge in [-0.05, 0) is 31.0 Å². The molecule has 0 aromatic heterocycles. The number of nitrogens with zero attached hydrogens (tertiary/aromatic N) is 1. The van der Waals surface area contributed by atoms with Gasteiger partial charge in [-0.15, -0.1) is 0 Å². The highest BCUT2D eigenvalue weighted by Gasteiger charge is 2.19. The Morgan fingerprint density at radius 1 is 1.38 bits per heavy atom. The van der Waals surface area contributed by atoms with Crippen LogP contribution in [0.3, 0.4) is 0 Å². The average molecular weight is 220 g/mol. The first-order chi connectivity index (χ1) is 7.72. The first-order valence-electron chi connectivity index (χ1n) is 5.46. The van der Waals surface area contributed by atoms with Crippen LogP contribution in [0.25, 0.3) is 0 Å².